The molecule has 0 amide bonds. The summed E-state index contributed by atoms with van der Waals surface area (Å²) in [6, 6.07) is 3.52. The van der Waals surface area contributed by atoms with Crippen LogP contribution in [0, 0.1) is 11.8 Å². The number of fused-ring (bicyclic) bond motifs is 2. The van der Waals surface area contributed by atoms with E-state index in [1.165, 1.54) is 38.0 Å². The number of nitrogens with zero attached hydrogens (tertiary/aromatic N) is 1. The van der Waals surface area contributed by atoms with Crippen LogP contribution in [0.5, 0.6) is 5.75 Å². The number of hydrogen-bond donors (Lipinski definition) is 3. The Balaban J connectivity index is 1.55. The predicted octanol–water partition coefficient (Wildman–Crippen LogP) is 3.69. The fraction of sp³-hybridized carbons (Fsp3) is 0.467. The summed E-state index contributed by atoms with van der Waals surface area (Å²) in [5.74, 6) is 1.55. The van der Waals surface area contributed by atoms with Crippen molar-refractivity contribution in [3.63, 3.8) is 0 Å². The fourth-order valence-corrected chi connectivity index (χ4v) is 4.18. The zero-order valence-electron chi connectivity index (χ0n) is 11.9. The van der Waals surface area contributed by atoms with Gasteiger partial charge in [0.25, 0.3) is 0 Å². The molecule has 0 aliphatic heterocycles. The van der Waals surface area contributed by atoms with Crippen molar-refractivity contribution in [2.24, 2.45) is 16.9 Å². The van der Waals surface area contributed by atoms with Crippen LogP contribution >= 0.6 is 35.4 Å². The third-order valence-corrected chi connectivity index (χ3v) is 5.20. The Bertz CT molecular complexity index is 623. The molecule has 2 fully saturated rings. The minimum absolute atomic E-state index is 0.0522. The average molecular weight is 358 g/mol. The zero-order valence-corrected chi connectivity index (χ0v) is 14.2. The van der Waals surface area contributed by atoms with Crippen molar-refractivity contribution >= 4 is 46.7 Å². The van der Waals surface area contributed by atoms with Crippen molar-refractivity contribution in [3.8, 4) is 5.75 Å². The molecule has 2 bridgehead atoms. The van der Waals surface area contributed by atoms with Crippen LogP contribution in [0.15, 0.2) is 17.2 Å². The van der Waals surface area contributed by atoms with E-state index in [9.17, 15) is 5.11 Å². The van der Waals surface area contributed by atoms with Gasteiger partial charge in [-0.3, -0.25) is 5.43 Å². The van der Waals surface area contributed by atoms with Crippen LogP contribution in [0.4, 0.5) is 0 Å². The van der Waals surface area contributed by atoms with Gasteiger partial charge in [-0.15, -0.1) is 0 Å². The molecule has 118 valence electrons. The summed E-state index contributed by atoms with van der Waals surface area (Å²) in [5.41, 5.74) is 3.21. The second-order valence-electron chi connectivity index (χ2n) is 5.95. The van der Waals surface area contributed by atoms with Gasteiger partial charge in [0.05, 0.1) is 11.2 Å². The molecule has 1 aromatic rings. The van der Waals surface area contributed by atoms with E-state index < -0.39 is 0 Å². The second-order valence-corrected chi connectivity index (χ2v) is 7.20. The molecule has 1 aromatic carbocycles. The van der Waals surface area contributed by atoms with Crippen LogP contribution in [-0.4, -0.2) is 22.5 Å². The molecule has 0 aromatic heterocycles. The van der Waals surface area contributed by atoms with E-state index in [4.69, 9.17) is 35.4 Å². The van der Waals surface area contributed by atoms with Gasteiger partial charge in [0.15, 0.2) is 5.11 Å². The molecule has 0 heterocycles. The predicted molar refractivity (Wildman–Crippen MR) is 93.8 cm³/mol. The van der Waals surface area contributed by atoms with E-state index in [1.54, 1.807) is 6.07 Å². The molecule has 2 saturated carbocycles. The quantitative estimate of drug-likeness (QED) is 0.438. The van der Waals surface area contributed by atoms with Gasteiger partial charge in [-0.2, -0.15) is 5.10 Å². The largest absolute Gasteiger partial charge is 0.506 e. The Labute approximate surface area is 144 Å². The van der Waals surface area contributed by atoms with E-state index in [0.717, 1.165) is 11.8 Å². The lowest BCUT2D eigenvalue weighted by atomic mass is 9.96. The number of phenolic OH excluding ortho intramolecular Hbond substituents is 1. The highest BCUT2D eigenvalue weighted by molar-refractivity contribution is 7.80. The van der Waals surface area contributed by atoms with Gasteiger partial charge in [0, 0.05) is 16.6 Å². The summed E-state index contributed by atoms with van der Waals surface area (Å²) >= 11 is 17.0. The third kappa shape index (κ3) is 3.47. The molecule has 0 saturated heterocycles. The van der Waals surface area contributed by atoms with E-state index in [-0.39, 0.29) is 10.8 Å². The van der Waals surface area contributed by atoms with Crippen molar-refractivity contribution in [2.45, 2.75) is 31.7 Å². The zero-order chi connectivity index (χ0) is 15.7. The summed E-state index contributed by atoms with van der Waals surface area (Å²) in [4.78, 5) is 0. The molecule has 4 nitrogen and oxygen atoms in total. The van der Waals surface area contributed by atoms with E-state index >= 15 is 0 Å². The summed E-state index contributed by atoms with van der Waals surface area (Å²) in [6.07, 6.45) is 6.61. The molecule has 0 spiro atoms. The minimum Gasteiger partial charge on any atom is -0.506 e. The lowest BCUT2D eigenvalue weighted by Crippen LogP contribution is -2.42. The van der Waals surface area contributed by atoms with Crippen molar-refractivity contribution in [1.82, 2.24) is 10.7 Å². The smallest absolute Gasteiger partial charge is 0.187 e. The Morgan fingerprint density at radius 2 is 2.14 bits per heavy atom. The molecule has 3 N–H and O–H groups in total. The molecule has 3 rings (SSSR count). The molecular weight excluding hydrogens is 341 g/mol. The van der Waals surface area contributed by atoms with Gasteiger partial charge in [-0.25, -0.2) is 0 Å². The highest BCUT2D eigenvalue weighted by Crippen LogP contribution is 2.44. The Kier molecular flexibility index (Phi) is 4.76. The van der Waals surface area contributed by atoms with Crippen LogP contribution in [0.1, 0.15) is 31.2 Å². The number of hydrazone groups is 1. The van der Waals surface area contributed by atoms with Gasteiger partial charge in [0.1, 0.15) is 5.75 Å². The number of aromatic hydroxyl groups is 1. The van der Waals surface area contributed by atoms with Gasteiger partial charge >= 0.3 is 0 Å². The summed E-state index contributed by atoms with van der Waals surface area (Å²) in [6.45, 7) is 0. The molecular formula is C15H17Cl2N3OS. The van der Waals surface area contributed by atoms with Crippen LogP contribution in [0.3, 0.4) is 0 Å². The minimum atomic E-state index is -0.0522. The standard InChI is InChI=1S/C15H17Cl2N3OS/c16-11-5-10(14(21)12(17)6-11)7-18-20-15(22)19-13-4-8-1-2-9(13)3-8/h5-9,13,21H,1-4H2,(H2,19,20,22)/b18-7-/t8-,9-,13-/m1/s1. The topological polar surface area (TPSA) is 56.7 Å². The first kappa shape index (κ1) is 15.8. The maximum atomic E-state index is 9.83. The molecule has 2 aliphatic carbocycles. The molecule has 0 radical (unpaired) electrons. The van der Waals surface area contributed by atoms with E-state index in [0.29, 0.717) is 21.7 Å². The Morgan fingerprint density at radius 1 is 1.32 bits per heavy atom. The van der Waals surface area contributed by atoms with Gasteiger partial charge < -0.3 is 10.4 Å². The summed E-state index contributed by atoms with van der Waals surface area (Å²) in [5, 5.41) is 18.3. The molecule has 22 heavy (non-hydrogen) atoms. The first-order valence-electron chi connectivity index (χ1n) is 7.30. The lowest BCUT2D eigenvalue weighted by Gasteiger charge is -2.23. The van der Waals surface area contributed by atoms with Crippen LogP contribution < -0.4 is 10.7 Å². The van der Waals surface area contributed by atoms with Gasteiger partial charge in [-0.1, -0.05) is 29.6 Å². The fourth-order valence-electron chi connectivity index (χ4n) is 3.47. The highest BCUT2D eigenvalue weighted by Gasteiger charge is 2.39. The maximum Gasteiger partial charge on any atom is 0.187 e. The second kappa shape index (κ2) is 6.60. The maximum absolute atomic E-state index is 9.83. The molecule has 0 unspecified atom stereocenters. The van der Waals surface area contributed by atoms with E-state index in [2.05, 4.69) is 15.8 Å². The van der Waals surface area contributed by atoms with Crippen LogP contribution in [0.2, 0.25) is 10.0 Å². The number of halogens is 2. The third-order valence-electron chi connectivity index (χ3n) is 4.48. The highest BCUT2D eigenvalue weighted by atomic mass is 35.5. The first-order valence-corrected chi connectivity index (χ1v) is 8.47. The van der Waals surface area contributed by atoms with Crippen molar-refractivity contribution in [2.75, 3.05) is 0 Å². The SMILES string of the molecule is Oc1c(Cl)cc(Cl)cc1/C=N\NC(=S)N[C@@H]1C[C@@H]2CC[C@@H]1C2. The number of thiocarbonyl (C=S) groups is 1. The Morgan fingerprint density at radius 3 is 2.82 bits per heavy atom. The van der Waals surface area contributed by atoms with Crippen molar-refractivity contribution in [3.05, 3.63) is 27.7 Å². The molecule has 3 atom stereocenters. The summed E-state index contributed by atoms with van der Waals surface area (Å²) < 4.78 is 0. The number of phenols is 1. The van der Waals surface area contributed by atoms with Crippen molar-refractivity contribution < 1.29 is 5.11 Å². The van der Waals surface area contributed by atoms with Gasteiger partial charge in [-0.05, 0) is 55.4 Å². The number of nitrogens with one attached hydrogen (secondary N) is 2. The normalized spacial score (nSPS) is 26.5. The Hall–Kier alpha value is -1.04. The number of rotatable bonds is 3. The molecule has 7 heteroatoms. The van der Waals surface area contributed by atoms with E-state index in [1.807, 2.05) is 0 Å². The monoisotopic (exact) mass is 357 g/mol. The summed E-state index contributed by atoms with van der Waals surface area (Å²) in [7, 11) is 0. The number of benzene rings is 1. The van der Waals surface area contributed by atoms with Crippen molar-refractivity contribution in [1.29, 1.82) is 0 Å². The van der Waals surface area contributed by atoms with Gasteiger partial charge in [0.2, 0.25) is 0 Å². The number of hydrogen-bond acceptors (Lipinski definition) is 3. The lowest BCUT2D eigenvalue weighted by molar-refractivity contribution is 0.389. The molecule has 2 aliphatic rings. The van der Waals surface area contributed by atoms with Crippen LogP contribution in [0.25, 0.3) is 0 Å². The van der Waals surface area contributed by atoms with Crippen LogP contribution in [-0.2, 0) is 0 Å². The first-order chi connectivity index (χ1) is 10.5. The average Bonchev–Trinajstić information content (AvgIpc) is 3.06.